The molecule has 0 aromatic carbocycles. The Bertz CT molecular complexity index is 375. The Morgan fingerprint density at radius 2 is 2.26 bits per heavy atom. The van der Waals surface area contributed by atoms with Crippen LogP contribution in [0.15, 0.2) is 18.3 Å². The SMILES string of the molecule is CNCc1ccc(N(CCOC)C(C)C2CC2)nc1. The van der Waals surface area contributed by atoms with Crippen LogP contribution in [0, 0.1) is 5.92 Å². The molecule has 4 heteroatoms. The summed E-state index contributed by atoms with van der Waals surface area (Å²) >= 11 is 0. The normalized spacial score (nSPS) is 16.4. The zero-order valence-electron chi connectivity index (χ0n) is 12.2. The molecule has 2 rings (SSSR count). The van der Waals surface area contributed by atoms with E-state index < -0.39 is 0 Å². The molecule has 1 fully saturated rings. The van der Waals surface area contributed by atoms with E-state index in [1.807, 2.05) is 13.2 Å². The minimum Gasteiger partial charge on any atom is -0.383 e. The molecule has 1 aliphatic rings. The van der Waals surface area contributed by atoms with Crippen molar-refractivity contribution < 1.29 is 4.74 Å². The predicted molar refractivity (Wildman–Crippen MR) is 78.4 cm³/mol. The van der Waals surface area contributed by atoms with Crippen molar-refractivity contribution in [2.24, 2.45) is 5.92 Å². The summed E-state index contributed by atoms with van der Waals surface area (Å²) < 4.78 is 5.23. The molecule has 1 aromatic heterocycles. The van der Waals surface area contributed by atoms with Crippen LogP contribution in [0.2, 0.25) is 0 Å². The van der Waals surface area contributed by atoms with Gasteiger partial charge in [0.05, 0.1) is 6.61 Å². The number of ether oxygens (including phenoxy) is 1. The highest BCUT2D eigenvalue weighted by atomic mass is 16.5. The van der Waals surface area contributed by atoms with Crippen LogP contribution in [-0.4, -0.2) is 38.3 Å². The van der Waals surface area contributed by atoms with Crippen molar-refractivity contribution in [3.05, 3.63) is 23.9 Å². The molecule has 1 atom stereocenters. The van der Waals surface area contributed by atoms with Crippen molar-refractivity contribution in [2.75, 3.05) is 32.2 Å². The van der Waals surface area contributed by atoms with Gasteiger partial charge < -0.3 is 15.0 Å². The van der Waals surface area contributed by atoms with Gasteiger partial charge in [0, 0.05) is 32.4 Å². The number of anilines is 1. The molecule has 1 unspecified atom stereocenters. The molecule has 0 amide bonds. The molecule has 0 bridgehead atoms. The molecule has 1 aromatic rings. The Morgan fingerprint density at radius 1 is 1.47 bits per heavy atom. The molecule has 0 aliphatic heterocycles. The first kappa shape index (κ1) is 14.3. The van der Waals surface area contributed by atoms with E-state index in [9.17, 15) is 0 Å². The van der Waals surface area contributed by atoms with E-state index >= 15 is 0 Å². The molecule has 1 saturated carbocycles. The minimum absolute atomic E-state index is 0.554. The summed E-state index contributed by atoms with van der Waals surface area (Å²) in [5.41, 5.74) is 1.22. The van der Waals surface area contributed by atoms with Crippen LogP contribution in [-0.2, 0) is 11.3 Å². The Morgan fingerprint density at radius 3 is 2.79 bits per heavy atom. The largest absolute Gasteiger partial charge is 0.383 e. The highest BCUT2D eigenvalue weighted by molar-refractivity contribution is 5.41. The second-order valence-corrected chi connectivity index (χ2v) is 5.32. The van der Waals surface area contributed by atoms with Crippen molar-refractivity contribution in [1.82, 2.24) is 10.3 Å². The third-order valence-corrected chi connectivity index (χ3v) is 3.82. The van der Waals surface area contributed by atoms with Gasteiger partial charge in [-0.3, -0.25) is 0 Å². The molecule has 19 heavy (non-hydrogen) atoms. The molecule has 0 spiro atoms. The number of methoxy groups -OCH3 is 1. The van der Waals surface area contributed by atoms with Gasteiger partial charge in [-0.05, 0) is 44.4 Å². The van der Waals surface area contributed by atoms with Crippen molar-refractivity contribution in [1.29, 1.82) is 0 Å². The average Bonchev–Trinajstić information content (AvgIpc) is 3.25. The van der Waals surface area contributed by atoms with Crippen LogP contribution in [0.25, 0.3) is 0 Å². The van der Waals surface area contributed by atoms with Crippen LogP contribution in [0.5, 0.6) is 0 Å². The quantitative estimate of drug-likeness (QED) is 0.779. The Balaban J connectivity index is 2.07. The van der Waals surface area contributed by atoms with Crippen molar-refractivity contribution in [2.45, 2.75) is 32.4 Å². The first-order valence-electron chi connectivity index (χ1n) is 7.11. The van der Waals surface area contributed by atoms with Crippen molar-refractivity contribution >= 4 is 5.82 Å². The minimum atomic E-state index is 0.554. The van der Waals surface area contributed by atoms with Gasteiger partial charge in [0.1, 0.15) is 5.82 Å². The van der Waals surface area contributed by atoms with Crippen molar-refractivity contribution in [3.63, 3.8) is 0 Å². The second-order valence-electron chi connectivity index (χ2n) is 5.32. The van der Waals surface area contributed by atoms with Gasteiger partial charge in [-0.25, -0.2) is 4.98 Å². The Labute approximate surface area is 116 Å². The zero-order chi connectivity index (χ0) is 13.7. The maximum Gasteiger partial charge on any atom is 0.128 e. The number of rotatable bonds is 8. The molecule has 4 nitrogen and oxygen atoms in total. The highest BCUT2D eigenvalue weighted by Gasteiger charge is 2.32. The number of aromatic nitrogens is 1. The molecular weight excluding hydrogens is 238 g/mol. The topological polar surface area (TPSA) is 37.4 Å². The lowest BCUT2D eigenvalue weighted by Crippen LogP contribution is -2.37. The average molecular weight is 263 g/mol. The van der Waals surface area contributed by atoms with E-state index in [-0.39, 0.29) is 0 Å². The lowest BCUT2D eigenvalue weighted by Gasteiger charge is -2.30. The van der Waals surface area contributed by atoms with E-state index in [2.05, 4.69) is 34.3 Å². The lowest BCUT2D eigenvalue weighted by atomic mass is 10.1. The Hall–Kier alpha value is -1.13. The first-order chi connectivity index (χ1) is 9.26. The van der Waals surface area contributed by atoms with Crippen molar-refractivity contribution in [3.8, 4) is 0 Å². The summed E-state index contributed by atoms with van der Waals surface area (Å²) in [4.78, 5) is 6.99. The fourth-order valence-corrected chi connectivity index (χ4v) is 2.44. The number of nitrogens with one attached hydrogen (secondary N) is 1. The number of hydrogen-bond donors (Lipinski definition) is 1. The maximum atomic E-state index is 5.23. The third kappa shape index (κ3) is 3.91. The second kappa shape index (κ2) is 6.87. The van der Waals surface area contributed by atoms with Gasteiger partial charge in [0.2, 0.25) is 0 Å². The summed E-state index contributed by atoms with van der Waals surface area (Å²) in [6, 6.07) is 4.83. The monoisotopic (exact) mass is 263 g/mol. The summed E-state index contributed by atoms with van der Waals surface area (Å²) in [5, 5.41) is 3.14. The van der Waals surface area contributed by atoms with Gasteiger partial charge in [0.25, 0.3) is 0 Å². The van der Waals surface area contributed by atoms with E-state index in [1.165, 1.54) is 18.4 Å². The zero-order valence-corrected chi connectivity index (χ0v) is 12.2. The van der Waals surface area contributed by atoms with Crippen LogP contribution in [0.1, 0.15) is 25.3 Å². The van der Waals surface area contributed by atoms with Gasteiger partial charge in [-0.15, -0.1) is 0 Å². The maximum absolute atomic E-state index is 5.23. The lowest BCUT2D eigenvalue weighted by molar-refractivity contribution is 0.202. The fraction of sp³-hybridized carbons (Fsp3) is 0.667. The molecule has 1 heterocycles. The van der Waals surface area contributed by atoms with Crippen LogP contribution >= 0.6 is 0 Å². The first-order valence-corrected chi connectivity index (χ1v) is 7.11. The van der Waals surface area contributed by atoms with Crippen LogP contribution < -0.4 is 10.2 Å². The van der Waals surface area contributed by atoms with Gasteiger partial charge in [-0.2, -0.15) is 0 Å². The molecule has 1 N–H and O–H groups in total. The molecule has 106 valence electrons. The Kier molecular flexibility index (Phi) is 5.16. The van der Waals surface area contributed by atoms with Crippen LogP contribution in [0.4, 0.5) is 5.82 Å². The fourth-order valence-electron chi connectivity index (χ4n) is 2.44. The highest BCUT2D eigenvalue weighted by Crippen LogP contribution is 2.36. The standard InChI is InChI=1S/C15H25N3O/c1-12(14-5-6-14)18(8-9-19-3)15-7-4-13(10-16-2)11-17-15/h4,7,11-12,14,16H,5-6,8-10H2,1-3H3. The van der Waals surface area contributed by atoms with Gasteiger partial charge in [0.15, 0.2) is 0 Å². The smallest absolute Gasteiger partial charge is 0.128 e. The van der Waals surface area contributed by atoms with E-state index in [0.717, 1.165) is 31.4 Å². The third-order valence-electron chi connectivity index (χ3n) is 3.82. The van der Waals surface area contributed by atoms with Crippen LogP contribution in [0.3, 0.4) is 0 Å². The summed E-state index contributed by atoms with van der Waals surface area (Å²) in [6.45, 7) is 4.82. The van der Waals surface area contributed by atoms with Gasteiger partial charge >= 0.3 is 0 Å². The molecule has 0 saturated heterocycles. The number of nitrogens with zero attached hydrogens (tertiary/aromatic N) is 2. The predicted octanol–water partition coefficient (Wildman–Crippen LogP) is 2.05. The number of hydrogen-bond acceptors (Lipinski definition) is 4. The summed E-state index contributed by atoms with van der Waals surface area (Å²) in [5.74, 6) is 1.90. The molecule has 0 radical (unpaired) electrons. The molecular formula is C15H25N3O. The summed E-state index contributed by atoms with van der Waals surface area (Å²) in [7, 11) is 3.71. The number of pyridine rings is 1. The van der Waals surface area contributed by atoms with Gasteiger partial charge in [-0.1, -0.05) is 6.07 Å². The van der Waals surface area contributed by atoms with E-state index in [4.69, 9.17) is 4.74 Å². The molecule has 1 aliphatic carbocycles. The van der Waals surface area contributed by atoms with E-state index in [0.29, 0.717) is 6.04 Å². The summed E-state index contributed by atoms with van der Waals surface area (Å²) in [6.07, 6.45) is 4.66. The van der Waals surface area contributed by atoms with E-state index in [1.54, 1.807) is 7.11 Å².